The molecule has 0 saturated heterocycles. The third kappa shape index (κ3) is 3.04. The van der Waals surface area contributed by atoms with Crippen molar-refractivity contribution in [1.29, 1.82) is 0 Å². The third-order valence-electron chi connectivity index (χ3n) is 3.68. The van der Waals surface area contributed by atoms with Crippen LogP contribution in [-0.2, 0) is 13.6 Å². The standard InChI is InChI=1S/C16H14ClFN6O2/c1-3-7-24-12-13(23(2)16(26)21-14(12)25)20-15(24)22-19-8-9-10(17)5-4-6-11(9)18/h3-6,8H,1,7H2,2H3,(H,20,22)(H,21,25,26). The first-order chi connectivity index (χ1) is 12.4. The Kier molecular flexibility index (Phi) is 4.72. The Balaban J connectivity index is 2.06. The number of hydrazone groups is 1. The molecule has 2 heterocycles. The Morgan fingerprint density at radius 3 is 2.92 bits per heavy atom. The van der Waals surface area contributed by atoms with Gasteiger partial charge >= 0.3 is 5.69 Å². The predicted molar refractivity (Wildman–Crippen MR) is 98.4 cm³/mol. The maximum Gasteiger partial charge on any atom is 0.329 e. The van der Waals surface area contributed by atoms with Gasteiger partial charge in [-0.1, -0.05) is 23.7 Å². The van der Waals surface area contributed by atoms with E-state index in [1.165, 1.54) is 40.6 Å². The highest BCUT2D eigenvalue weighted by Gasteiger charge is 2.16. The summed E-state index contributed by atoms with van der Waals surface area (Å²) in [7, 11) is 1.48. The van der Waals surface area contributed by atoms with E-state index >= 15 is 0 Å². The van der Waals surface area contributed by atoms with Crippen molar-refractivity contribution >= 4 is 34.9 Å². The molecule has 0 unspecified atom stereocenters. The normalized spacial score (nSPS) is 11.3. The van der Waals surface area contributed by atoms with Crippen molar-refractivity contribution in [2.45, 2.75) is 6.54 Å². The van der Waals surface area contributed by atoms with Crippen molar-refractivity contribution in [2.75, 3.05) is 5.43 Å². The van der Waals surface area contributed by atoms with Gasteiger partial charge in [0.2, 0.25) is 5.95 Å². The van der Waals surface area contributed by atoms with Gasteiger partial charge in [-0.05, 0) is 12.1 Å². The van der Waals surface area contributed by atoms with Crippen LogP contribution in [0.3, 0.4) is 0 Å². The van der Waals surface area contributed by atoms with Crippen LogP contribution in [0, 0.1) is 5.82 Å². The van der Waals surface area contributed by atoms with E-state index in [1.54, 1.807) is 6.08 Å². The number of rotatable bonds is 5. The topological polar surface area (TPSA) is 97.1 Å². The second-order valence-electron chi connectivity index (χ2n) is 5.33. The number of hydrogen-bond acceptors (Lipinski definition) is 5. The Bertz CT molecular complexity index is 1120. The Labute approximate surface area is 151 Å². The maximum absolute atomic E-state index is 13.8. The van der Waals surface area contributed by atoms with E-state index in [0.717, 1.165) is 0 Å². The van der Waals surface area contributed by atoms with Crippen molar-refractivity contribution in [1.82, 2.24) is 19.1 Å². The van der Waals surface area contributed by atoms with Gasteiger partial charge in [-0.3, -0.25) is 18.9 Å². The van der Waals surface area contributed by atoms with E-state index in [-0.39, 0.29) is 34.2 Å². The van der Waals surface area contributed by atoms with E-state index < -0.39 is 17.1 Å². The molecule has 0 spiro atoms. The second-order valence-corrected chi connectivity index (χ2v) is 5.74. The number of fused-ring (bicyclic) bond motifs is 1. The lowest BCUT2D eigenvalue weighted by molar-refractivity contribution is 0.626. The molecule has 0 fully saturated rings. The molecule has 0 amide bonds. The number of anilines is 1. The average molecular weight is 377 g/mol. The molecule has 0 aliphatic rings. The van der Waals surface area contributed by atoms with E-state index in [2.05, 4.69) is 27.1 Å². The third-order valence-corrected chi connectivity index (χ3v) is 4.01. The number of nitrogens with zero attached hydrogens (tertiary/aromatic N) is 4. The molecule has 1 aromatic carbocycles. The van der Waals surface area contributed by atoms with Crippen molar-refractivity contribution in [3.05, 3.63) is 68.1 Å². The minimum atomic E-state index is -0.584. The molecule has 10 heteroatoms. The van der Waals surface area contributed by atoms with Crippen LogP contribution in [0.1, 0.15) is 5.56 Å². The summed E-state index contributed by atoms with van der Waals surface area (Å²) in [5, 5.41) is 4.14. The number of benzene rings is 1. The van der Waals surface area contributed by atoms with Gasteiger partial charge in [0.15, 0.2) is 11.2 Å². The minimum Gasteiger partial charge on any atom is -0.299 e. The number of aromatic nitrogens is 4. The minimum absolute atomic E-state index is 0.110. The maximum atomic E-state index is 13.8. The van der Waals surface area contributed by atoms with Crippen molar-refractivity contribution in [3.63, 3.8) is 0 Å². The van der Waals surface area contributed by atoms with Crippen LogP contribution >= 0.6 is 11.6 Å². The van der Waals surface area contributed by atoms with Crippen molar-refractivity contribution < 1.29 is 4.39 Å². The zero-order chi connectivity index (χ0) is 18.8. The van der Waals surface area contributed by atoms with Crippen LogP contribution in [0.25, 0.3) is 11.2 Å². The van der Waals surface area contributed by atoms with Gasteiger partial charge in [-0.2, -0.15) is 10.1 Å². The van der Waals surface area contributed by atoms with Gasteiger partial charge in [-0.25, -0.2) is 14.6 Å². The SMILES string of the molecule is C=CCn1c(NN=Cc2c(F)cccc2Cl)nc2c1c(=O)[nH]c(=O)n2C. The smallest absolute Gasteiger partial charge is 0.299 e. The van der Waals surface area contributed by atoms with Crippen LogP contribution in [0.5, 0.6) is 0 Å². The molecular weight excluding hydrogens is 363 g/mol. The molecule has 8 nitrogen and oxygen atoms in total. The summed E-state index contributed by atoms with van der Waals surface area (Å²) < 4.78 is 16.5. The summed E-state index contributed by atoms with van der Waals surface area (Å²) in [6.45, 7) is 3.89. The van der Waals surface area contributed by atoms with Crippen LogP contribution < -0.4 is 16.7 Å². The molecule has 0 radical (unpaired) electrons. The second kappa shape index (κ2) is 6.96. The van der Waals surface area contributed by atoms with E-state index in [9.17, 15) is 14.0 Å². The van der Waals surface area contributed by atoms with Gasteiger partial charge in [0.05, 0.1) is 11.2 Å². The molecule has 0 aliphatic carbocycles. The summed E-state index contributed by atoms with van der Waals surface area (Å²) >= 11 is 5.94. The van der Waals surface area contributed by atoms with Gasteiger partial charge < -0.3 is 0 Å². The molecule has 2 N–H and O–H groups in total. The Morgan fingerprint density at radius 1 is 1.46 bits per heavy atom. The predicted octanol–water partition coefficient (Wildman–Crippen LogP) is 1.85. The molecule has 0 aliphatic heterocycles. The van der Waals surface area contributed by atoms with Crippen LogP contribution in [-0.4, -0.2) is 25.3 Å². The largest absolute Gasteiger partial charge is 0.329 e. The molecule has 0 bridgehead atoms. The fraction of sp³-hybridized carbons (Fsp3) is 0.125. The van der Waals surface area contributed by atoms with Gasteiger partial charge in [0.1, 0.15) is 5.82 Å². The fourth-order valence-corrected chi connectivity index (χ4v) is 2.63. The molecule has 2 aromatic heterocycles. The Morgan fingerprint density at radius 2 is 2.23 bits per heavy atom. The lowest BCUT2D eigenvalue weighted by atomic mass is 10.2. The first-order valence-electron chi connectivity index (χ1n) is 7.47. The number of halogens is 2. The summed E-state index contributed by atoms with van der Waals surface area (Å²) in [6.07, 6.45) is 2.77. The molecule has 3 aromatic rings. The fourth-order valence-electron chi connectivity index (χ4n) is 2.42. The average Bonchev–Trinajstić information content (AvgIpc) is 2.95. The Hall–Kier alpha value is -3.20. The quantitative estimate of drug-likeness (QED) is 0.403. The molecule has 3 rings (SSSR count). The number of allylic oxidation sites excluding steroid dienone is 1. The van der Waals surface area contributed by atoms with Crippen LogP contribution in [0.4, 0.5) is 10.3 Å². The number of aryl methyl sites for hydroxylation is 1. The van der Waals surface area contributed by atoms with E-state index in [1.807, 2.05) is 0 Å². The monoisotopic (exact) mass is 376 g/mol. The first-order valence-corrected chi connectivity index (χ1v) is 7.85. The zero-order valence-corrected chi connectivity index (χ0v) is 14.4. The van der Waals surface area contributed by atoms with E-state index in [0.29, 0.717) is 0 Å². The number of H-pyrrole nitrogens is 1. The number of imidazole rings is 1. The molecule has 26 heavy (non-hydrogen) atoms. The molecular formula is C16H14ClFN6O2. The molecule has 134 valence electrons. The summed E-state index contributed by atoms with van der Waals surface area (Å²) in [5.74, 6) is -0.336. The van der Waals surface area contributed by atoms with Gasteiger partial charge in [0, 0.05) is 19.2 Å². The highest BCUT2D eigenvalue weighted by Crippen LogP contribution is 2.18. The van der Waals surface area contributed by atoms with Crippen LogP contribution in [0.15, 0.2) is 45.5 Å². The summed E-state index contributed by atoms with van der Waals surface area (Å²) in [6, 6.07) is 4.28. The zero-order valence-electron chi connectivity index (χ0n) is 13.7. The van der Waals surface area contributed by atoms with Gasteiger partial charge in [-0.15, -0.1) is 6.58 Å². The number of nitrogens with one attached hydrogen (secondary N) is 2. The van der Waals surface area contributed by atoms with E-state index in [4.69, 9.17) is 11.6 Å². The molecule has 0 atom stereocenters. The lowest BCUT2D eigenvalue weighted by Crippen LogP contribution is -2.29. The molecule has 0 saturated carbocycles. The summed E-state index contributed by atoms with van der Waals surface area (Å²) in [5.41, 5.74) is 1.96. The van der Waals surface area contributed by atoms with Gasteiger partial charge in [0.25, 0.3) is 5.56 Å². The van der Waals surface area contributed by atoms with Crippen LogP contribution in [0.2, 0.25) is 5.02 Å². The summed E-state index contributed by atoms with van der Waals surface area (Å²) in [4.78, 5) is 30.3. The highest BCUT2D eigenvalue weighted by molar-refractivity contribution is 6.33. The highest BCUT2D eigenvalue weighted by atomic mass is 35.5. The first kappa shape index (κ1) is 17.6. The number of hydrogen-bond donors (Lipinski definition) is 2. The number of aromatic amines is 1. The van der Waals surface area contributed by atoms with Crippen molar-refractivity contribution in [2.24, 2.45) is 12.1 Å². The van der Waals surface area contributed by atoms with Crippen molar-refractivity contribution in [3.8, 4) is 0 Å². The lowest BCUT2D eigenvalue weighted by Gasteiger charge is -2.05.